The molecule has 6 heteroatoms. The van der Waals surface area contributed by atoms with E-state index in [4.69, 9.17) is 0 Å². The maximum Gasteiger partial charge on any atom is 0.416 e. The van der Waals surface area contributed by atoms with Crippen molar-refractivity contribution in [3.05, 3.63) is 35.4 Å². The van der Waals surface area contributed by atoms with Crippen molar-refractivity contribution in [2.24, 2.45) is 11.8 Å². The Hall–Kier alpha value is -1.56. The first-order valence-corrected chi connectivity index (χ1v) is 9.01. The summed E-state index contributed by atoms with van der Waals surface area (Å²) in [5, 5.41) is 3.40. The average Bonchev–Trinajstić information content (AvgIpc) is 2.92. The van der Waals surface area contributed by atoms with E-state index in [2.05, 4.69) is 5.32 Å². The van der Waals surface area contributed by atoms with Crippen molar-refractivity contribution in [2.45, 2.75) is 38.3 Å². The Bertz CT molecular complexity index is 603. The first kappa shape index (κ1) is 18.2. The normalized spacial score (nSPS) is 25.4. The predicted molar refractivity (Wildman–Crippen MR) is 90.1 cm³/mol. The lowest BCUT2D eigenvalue weighted by Gasteiger charge is -2.24. The van der Waals surface area contributed by atoms with Crippen molar-refractivity contribution in [3.63, 3.8) is 0 Å². The van der Waals surface area contributed by atoms with Crippen molar-refractivity contribution in [1.29, 1.82) is 0 Å². The second-order valence-electron chi connectivity index (χ2n) is 7.33. The van der Waals surface area contributed by atoms with Gasteiger partial charge < -0.3 is 10.2 Å². The number of alkyl halides is 3. The Morgan fingerprint density at radius 2 is 1.80 bits per heavy atom. The molecule has 0 radical (unpaired) electrons. The van der Waals surface area contributed by atoms with E-state index in [1.807, 2.05) is 4.90 Å². The molecular formula is C19H25F3N2O. The molecule has 0 aromatic heterocycles. The number of carbonyl (C=O) groups excluding carboxylic acids is 1. The molecule has 1 aromatic carbocycles. The lowest BCUT2D eigenvalue weighted by atomic mass is 9.92. The van der Waals surface area contributed by atoms with Gasteiger partial charge in [-0.05, 0) is 55.3 Å². The van der Waals surface area contributed by atoms with E-state index in [0.717, 1.165) is 45.1 Å². The molecule has 2 heterocycles. The molecule has 1 amide bonds. The summed E-state index contributed by atoms with van der Waals surface area (Å²) in [5.41, 5.74) is -0.425. The van der Waals surface area contributed by atoms with Crippen LogP contribution in [0.1, 0.15) is 43.2 Å². The third-order valence-electron chi connectivity index (χ3n) is 5.65. The molecule has 0 aliphatic carbocycles. The minimum Gasteiger partial charge on any atom is -0.343 e. The molecule has 1 aromatic rings. The molecule has 2 fully saturated rings. The largest absolute Gasteiger partial charge is 0.416 e. The number of amides is 1. The van der Waals surface area contributed by atoms with Crippen molar-refractivity contribution in [1.82, 2.24) is 10.2 Å². The van der Waals surface area contributed by atoms with Crippen LogP contribution in [0.2, 0.25) is 0 Å². The van der Waals surface area contributed by atoms with Crippen LogP contribution in [0.4, 0.5) is 13.2 Å². The number of likely N-dealkylation sites (tertiary alicyclic amines) is 1. The van der Waals surface area contributed by atoms with Gasteiger partial charge in [-0.25, -0.2) is 0 Å². The summed E-state index contributed by atoms with van der Waals surface area (Å²) in [6.07, 6.45) is -2.30. The maximum absolute atomic E-state index is 13.2. The molecule has 138 valence electrons. The first-order chi connectivity index (χ1) is 11.9. The van der Waals surface area contributed by atoms with E-state index in [9.17, 15) is 18.0 Å². The van der Waals surface area contributed by atoms with E-state index in [1.54, 1.807) is 13.0 Å². The Morgan fingerprint density at radius 1 is 1.20 bits per heavy atom. The lowest BCUT2D eigenvalue weighted by molar-refractivity contribution is -0.139. The van der Waals surface area contributed by atoms with Crippen LogP contribution in [0.3, 0.4) is 0 Å². The molecule has 1 unspecified atom stereocenters. The van der Waals surface area contributed by atoms with Crippen molar-refractivity contribution in [3.8, 4) is 0 Å². The van der Waals surface area contributed by atoms with Gasteiger partial charge in [-0.15, -0.1) is 0 Å². The van der Waals surface area contributed by atoms with Crippen LogP contribution in [0.15, 0.2) is 24.3 Å². The number of carbonyl (C=O) groups is 1. The molecule has 0 spiro atoms. The number of fused-ring (bicyclic) bond motifs is 1. The van der Waals surface area contributed by atoms with Gasteiger partial charge in [0, 0.05) is 19.5 Å². The predicted octanol–water partition coefficient (Wildman–Crippen LogP) is 3.66. The number of nitrogens with one attached hydrogen (secondary N) is 1. The highest BCUT2D eigenvalue weighted by Crippen LogP contribution is 2.36. The number of benzene rings is 1. The van der Waals surface area contributed by atoms with Gasteiger partial charge in [0.05, 0.1) is 5.56 Å². The second-order valence-corrected chi connectivity index (χ2v) is 7.33. The zero-order valence-electron chi connectivity index (χ0n) is 14.5. The van der Waals surface area contributed by atoms with E-state index < -0.39 is 17.7 Å². The van der Waals surface area contributed by atoms with Crippen LogP contribution >= 0.6 is 0 Å². The van der Waals surface area contributed by atoms with Gasteiger partial charge in [0.1, 0.15) is 0 Å². The van der Waals surface area contributed by atoms with Gasteiger partial charge in [-0.3, -0.25) is 4.79 Å². The number of halogens is 3. The highest BCUT2D eigenvalue weighted by molar-refractivity contribution is 5.77. The van der Waals surface area contributed by atoms with E-state index in [1.165, 1.54) is 12.1 Å². The smallest absolute Gasteiger partial charge is 0.343 e. The number of nitrogens with zero attached hydrogens (tertiary/aromatic N) is 1. The molecule has 25 heavy (non-hydrogen) atoms. The molecule has 2 aliphatic heterocycles. The summed E-state index contributed by atoms with van der Waals surface area (Å²) in [4.78, 5) is 14.5. The van der Waals surface area contributed by atoms with E-state index in [-0.39, 0.29) is 17.9 Å². The fourth-order valence-corrected chi connectivity index (χ4v) is 4.15. The van der Waals surface area contributed by atoms with Gasteiger partial charge in [-0.1, -0.05) is 25.1 Å². The molecule has 1 N–H and O–H groups in total. The summed E-state index contributed by atoms with van der Waals surface area (Å²) < 4.78 is 39.6. The average molecular weight is 354 g/mol. The minimum absolute atomic E-state index is 0.0302. The fourth-order valence-electron chi connectivity index (χ4n) is 4.15. The minimum atomic E-state index is -4.39. The molecule has 0 bridgehead atoms. The van der Waals surface area contributed by atoms with Crippen LogP contribution in [-0.4, -0.2) is 37.0 Å². The van der Waals surface area contributed by atoms with Crippen LogP contribution in [0.25, 0.3) is 0 Å². The summed E-state index contributed by atoms with van der Waals surface area (Å²) in [6.45, 7) is 5.17. The van der Waals surface area contributed by atoms with Gasteiger partial charge in [0.25, 0.3) is 0 Å². The van der Waals surface area contributed by atoms with Crippen molar-refractivity contribution < 1.29 is 18.0 Å². The first-order valence-electron chi connectivity index (χ1n) is 9.01. The Kier molecular flexibility index (Phi) is 5.37. The summed E-state index contributed by atoms with van der Waals surface area (Å²) >= 11 is 0. The zero-order valence-corrected chi connectivity index (χ0v) is 14.5. The van der Waals surface area contributed by atoms with Gasteiger partial charge in [0.2, 0.25) is 5.91 Å². The molecular weight excluding hydrogens is 329 g/mol. The summed E-state index contributed by atoms with van der Waals surface area (Å²) in [5.74, 6) is 0.773. The molecule has 3 atom stereocenters. The van der Waals surface area contributed by atoms with Crippen molar-refractivity contribution in [2.75, 3.05) is 26.2 Å². The second kappa shape index (κ2) is 7.36. The third kappa shape index (κ3) is 4.17. The molecule has 0 saturated carbocycles. The molecule has 2 aliphatic rings. The standard InChI is InChI=1S/C19H25F3N2O/c1-13(16-4-2-3-5-17(16)19(20,21)22)10-18(25)24-8-6-14-11-23-12-15(14)7-9-24/h2-5,13-15,23H,6-12H2,1H3/t13?,14-,15+. The zero-order chi connectivity index (χ0) is 18.0. The number of hydrogen-bond acceptors (Lipinski definition) is 2. The van der Waals surface area contributed by atoms with Crippen LogP contribution in [0, 0.1) is 11.8 Å². The van der Waals surface area contributed by atoms with Crippen molar-refractivity contribution >= 4 is 5.91 Å². The van der Waals surface area contributed by atoms with Gasteiger partial charge in [0.15, 0.2) is 0 Å². The molecule has 2 saturated heterocycles. The van der Waals surface area contributed by atoms with Gasteiger partial charge in [-0.2, -0.15) is 13.2 Å². The lowest BCUT2D eigenvalue weighted by Crippen LogP contribution is -2.33. The number of hydrogen-bond donors (Lipinski definition) is 1. The van der Waals surface area contributed by atoms with Crippen LogP contribution < -0.4 is 5.32 Å². The number of rotatable bonds is 3. The van der Waals surface area contributed by atoms with Crippen LogP contribution in [-0.2, 0) is 11.0 Å². The maximum atomic E-state index is 13.2. The molecule has 3 nitrogen and oxygen atoms in total. The fraction of sp³-hybridized carbons (Fsp3) is 0.632. The molecule has 3 rings (SSSR count). The Morgan fingerprint density at radius 3 is 2.40 bits per heavy atom. The van der Waals surface area contributed by atoms with E-state index in [0.29, 0.717) is 11.8 Å². The Labute approximate surface area is 146 Å². The third-order valence-corrected chi connectivity index (χ3v) is 5.65. The summed E-state index contributed by atoms with van der Waals surface area (Å²) in [6, 6.07) is 5.57. The van der Waals surface area contributed by atoms with Gasteiger partial charge >= 0.3 is 6.18 Å². The quantitative estimate of drug-likeness (QED) is 0.899. The summed E-state index contributed by atoms with van der Waals surface area (Å²) in [7, 11) is 0. The highest BCUT2D eigenvalue weighted by Gasteiger charge is 2.35. The van der Waals surface area contributed by atoms with E-state index >= 15 is 0 Å². The highest BCUT2D eigenvalue weighted by atomic mass is 19.4. The van der Waals surface area contributed by atoms with Crippen LogP contribution in [0.5, 0.6) is 0 Å². The Balaban J connectivity index is 1.65. The SMILES string of the molecule is CC(CC(=O)N1CC[C@@H]2CNC[C@@H]2CC1)c1ccccc1C(F)(F)F. The topological polar surface area (TPSA) is 32.3 Å². The monoisotopic (exact) mass is 354 g/mol.